The second kappa shape index (κ2) is 8.28. The highest BCUT2D eigenvalue weighted by molar-refractivity contribution is 7.13. The summed E-state index contributed by atoms with van der Waals surface area (Å²) in [6.07, 6.45) is 5.26. The molecule has 2 aromatic carbocycles. The molecule has 1 aliphatic heterocycles. The van der Waals surface area contributed by atoms with Gasteiger partial charge in [0.15, 0.2) is 11.5 Å². The van der Waals surface area contributed by atoms with Crippen molar-refractivity contribution in [3.63, 3.8) is 0 Å². The van der Waals surface area contributed by atoms with E-state index in [0.29, 0.717) is 19.7 Å². The van der Waals surface area contributed by atoms with E-state index in [1.54, 1.807) is 11.3 Å². The van der Waals surface area contributed by atoms with E-state index >= 15 is 0 Å². The molecular formula is C27H27NO3S. The van der Waals surface area contributed by atoms with Gasteiger partial charge in [0.25, 0.3) is 0 Å². The van der Waals surface area contributed by atoms with Crippen LogP contribution in [0.4, 0.5) is 0 Å². The van der Waals surface area contributed by atoms with E-state index in [1.807, 2.05) is 4.90 Å². The number of hydrogen-bond donors (Lipinski definition) is 0. The third kappa shape index (κ3) is 3.58. The number of hydrogen-bond acceptors (Lipinski definition) is 4. The number of nitrogens with zero attached hydrogens (tertiary/aromatic N) is 1. The second-order valence-corrected chi connectivity index (χ2v) is 9.97. The summed E-state index contributed by atoms with van der Waals surface area (Å²) in [6.45, 7) is 1.72. The molecule has 4 nitrogen and oxygen atoms in total. The minimum Gasteiger partial charge on any atom is -0.487 e. The lowest BCUT2D eigenvalue weighted by Gasteiger charge is -2.30. The van der Waals surface area contributed by atoms with E-state index in [4.69, 9.17) is 9.47 Å². The van der Waals surface area contributed by atoms with Gasteiger partial charge in [-0.2, -0.15) is 0 Å². The smallest absolute Gasteiger partial charge is 0.226 e. The summed E-state index contributed by atoms with van der Waals surface area (Å²) in [7, 11) is 0. The number of rotatable bonds is 4. The van der Waals surface area contributed by atoms with Crippen molar-refractivity contribution in [1.29, 1.82) is 0 Å². The Bertz CT molecular complexity index is 1140. The van der Waals surface area contributed by atoms with Gasteiger partial charge >= 0.3 is 0 Å². The van der Waals surface area contributed by atoms with Crippen LogP contribution in [0.1, 0.15) is 48.5 Å². The monoisotopic (exact) mass is 445 g/mol. The fourth-order valence-electron chi connectivity index (χ4n) is 5.05. The van der Waals surface area contributed by atoms with Crippen LogP contribution in [0.3, 0.4) is 0 Å². The van der Waals surface area contributed by atoms with Gasteiger partial charge in [0.05, 0.1) is 6.54 Å². The van der Waals surface area contributed by atoms with E-state index in [0.717, 1.165) is 48.3 Å². The number of fused-ring (bicyclic) bond motifs is 2. The minimum atomic E-state index is 0.0356. The summed E-state index contributed by atoms with van der Waals surface area (Å²) in [5.41, 5.74) is 4.82. The maximum absolute atomic E-state index is 13.0. The Hall–Kier alpha value is -2.79. The largest absolute Gasteiger partial charge is 0.487 e. The summed E-state index contributed by atoms with van der Waals surface area (Å²) >= 11 is 1.72. The van der Waals surface area contributed by atoms with E-state index < -0.39 is 0 Å². The van der Waals surface area contributed by atoms with E-state index in [1.165, 1.54) is 22.4 Å². The molecule has 1 fully saturated rings. The fourth-order valence-corrected chi connectivity index (χ4v) is 5.77. The van der Waals surface area contributed by atoms with Crippen LogP contribution in [0, 0.1) is 5.92 Å². The van der Waals surface area contributed by atoms with Gasteiger partial charge in [-0.1, -0.05) is 36.8 Å². The Morgan fingerprint density at radius 3 is 2.78 bits per heavy atom. The van der Waals surface area contributed by atoms with Gasteiger partial charge in [-0.25, -0.2) is 0 Å². The first-order valence-corrected chi connectivity index (χ1v) is 12.5. The van der Waals surface area contributed by atoms with Crippen LogP contribution in [0.25, 0.3) is 10.4 Å². The van der Waals surface area contributed by atoms with Gasteiger partial charge in [-0.05, 0) is 66.0 Å². The van der Waals surface area contributed by atoms with Gasteiger partial charge in [0, 0.05) is 22.9 Å². The first kappa shape index (κ1) is 19.9. The second-order valence-electron chi connectivity index (χ2n) is 9.02. The quantitative estimate of drug-likeness (QED) is 0.494. The van der Waals surface area contributed by atoms with Crippen LogP contribution >= 0.6 is 11.3 Å². The lowest BCUT2D eigenvalue weighted by atomic mass is 9.84. The molecule has 0 unspecified atom stereocenters. The molecule has 2 heterocycles. The highest BCUT2D eigenvalue weighted by atomic mass is 32.1. The molecular weight excluding hydrogens is 418 g/mol. The molecule has 1 atom stereocenters. The minimum absolute atomic E-state index is 0.0356. The van der Waals surface area contributed by atoms with Crippen molar-refractivity contribution in [1.82, 2.24) is 4.90 Å². The molecule has 6 rings (SSSR count). The van der Waals surface area contributed by atoms with Crippen LogP contribution < -0.4 is 9.47 Å². The van der Waals surface area contributed by atoms with Crippen molar-refractivity contribution < 1.29 is 14.3 Å². The Morgan fingerprint density at radius 2 is 1.97 bits per heavy atom. The highest BCUT2D eigenvalue weighted by Crippen LogP contribution is 2.44. The molecule has 0 spiro atoms. The van der Waals surface area contributed by atoms with Crippen molar-refractivity contribution in [3.05, 3.63) is 70.6 Å². The first-order valence-electron chi connectivity index (χ1n) is 11.6. The molecule has 164 valence electrons. The predicted octanol–water partition coefficient (Wildman–Crippen LogP) is 6.00. The van der Waals surface area contributed by atoms with Gasteiger partial charge in [0.1, 0.15) is 12.7 Å². The molecule has 0 bridgehead atoms. The Labute approximate surface area is 192 Å². The number of ether oxygens (including phenoxy) is 2. The Kier molecular flexibility index (Phi) is 5.14. The molecule has 5 heteroatoms. The van der Waals surface area contributed by atoms with E-state index in [-0.39, 0.29) is 17.9 Å². The van der Waals surface area contributed by atoms with Gasteiger partial charge in [0.2, 0.25) is 5.91 Å². The van der Waals surface area contributed by atoms with E-state index in [2.05, 4.69) is 53.9 Å². The molecule has 0 N–H and O–H groups in total. The lowest BCUT2D eigenvalue weighted by Crippen LogP contribution is -2.39. The van der Waals surface area contributed by atoms with Gasteiger partial charge in [-0.15, -0.1) is 11.3 Å². The standard InChI is InChI=1S/C27H27NO3S/c29-27(19-6-3-7-19)28-12-13-30-26-21(17-28)15-20(25-9-4-14-32-25)16-24(26)31-23-11-10-18-5-1-2-8-22(18)23/h1-2,4-5,8-9,14-16,19,23H,3,6-7,10-13,17H2/t23-/m1/s1. The molecule has 3 aliphatic rings. The zero-order chi connectivity index (χ0) is 21.5. The molecule has 3 aromatic rings. The van der Waals surface area contributed by atoms with Gasteiger partial charge < -0.3 is 14.4 Å². The maximum atomic E-state index is 13.0. The molecule has 1 aromatic heterocycles. The number of thiophene rings is 1. The average molecular weight is 446 g/mol. The topological polar surface area (TPSA) is 38.8 Å². The Balaban J connectivity index is 1.37. The molecule has 1 saturated carbocycles. The van der Waals surface area contributed by atoms with Crippen LogP contribution in [0.15, 0.2) is 53.9 Å². The fraction of sp³-hybridized carbons (Fsp3) is 0.370. The lowest BCUT2D eigenvalue weighted by molar-refractivity contribution is -0.138. The van der Waals surface area contributed by atoms with Gasteiger partial charge in [-0.3, -0.25) is 4.79 Å². The first-order chi connectivity index (χ1) is 15.8. The number of aryl methyl sites for hydroxylation is 1. The molecule has 0 saturated heterocycles. The zero-order valence-electron chi connectivity index (χ0n) is 18.1. The van der Waals surface area contributed by atoms with Crippen molar-refractivity contribution in [2.45, 2.75) is 44.8 Å². The van der Waals surface area contributed by atoms with Crippen LogP contribution in [-0.2, 0) is 17.8 Å². The number of benzene rings is 2. The summed E-state index contributed by atoms with van der Waals surface area (Å²) in [4.78, 5) is 16.2. The normalized spacial score (nSPS) is 20.0. The predicted molar refractivity (Wildman–Crippen MR) is 126 cm³/mol. The zero-order valence-corrected chi connectivity index (χ0v) is 18.9. The molecule has 2 aliphatic carbocycles. The average Bonchev–Trinajstić information content (AvgIpc) is 3.39. The molecule has 0 radical (unpaired) electrons. The number of carbonyl (C=O) groups excluding carboxylic acids is 1. The third-order valence-electron chi connectivity index (χ3n) is 7.02. The summed E-state index contributed by atoms with van der Waals surface area (Å²) in [6, 6.07) is 17.1. The Morgan fingerprint density at radius 1 is 1.06 bits per heavy atom. The van der Waals surface area contributed by atoms with Crippen molar-refractivity contribution >= 4 is 17.2 Å². The van der Waals surface area contributed by atoms with E-state index in [9.17, 15) is 4.79 Å². The summed E-state index contributed by atoms with van der Waals surface area (Å²) in [5, 5.41) is 2.09. The third-order valence-corrected chi connectivity index (χ3v) is 7.94. The highest BCUT2D eigenvalue weighted by Gasteiger charge is 2.32. The summed E-state index contributed by atoms with van der Waals surface area (Å²) < 4.78 is 12.9. The van der Waals surface area contributed by atoms with Crippen molar-refractivity contribution in [3.8, 4) is 21.9 Å². The van der Waals surface area contributed by atoms with Crippen molar-refractivity contribution in [2.75, 3.05) is 13.2 Å². The number of carbonyl (C=O) groups is 1. The van der Waals surface area contributed by atoms with Crippen LogP contribution in [0.2, 0.25) is 0 Å². The maximum Gasteiger partial charge on any atom is 0.226 e. The summed E-state index contributed by atoms with van der Waals surface area (Å²) in [5.74, 6) is 2.08. The number of amides is 1. The van der Waals surface area contributed by atoms with Crippen molar-refractivity contribution in [2.24, 2.45) is 5.92 Å². The molecule has 32 heavy (non-hydrogen) atoms. The SMILES string of the molecule is O=C(C1CCC1)N1CCOc2c(cc(-c3cccs3)cc2O[C@@H]2CCc3ccccc32)C1. The van der Waals surface area contributed by atoms with Crippen LogP contribution in [-0.4, -0.2) is 24.0 Å². The van der Waals surface area contributed by atoms with Crippen LogP contribution in [0.5, 0.6) is 11.5 Å². The molecule has 1 amide bonds.